The Labute approximate surface area is 167 Å². The Hall–Kier alpha value is -3.00. The largest absolute Gasteiger partial charge is 0.497 e. The predicted octanol–water partition coefficient (Wildman–Crippen LogP) is 3.30. The van der Waals surface area contributed by atoms with E-state index in [2.05, 4.69) is 33.1 Å². The normalized spacial score (nSPS) is 18.1. The molecule has 0 spiro atoms. The summed E-state index contributed by atoms with van der Waals surface area (Å²) >= 11 is 1.41. The second-order valence-electron chi connectivity index (χ2n) is 6.64. The fraction of sp³-hybridized carbons (Fsp3) is 0.250. The van der Waals surface area contributed by atoms with Crippen molar-refractivity contribution in [1.29, 1.82) is 0 Å². The zero-order chi connectivity index (χ0) is 19.7. The number of anilines is 1. The smallest absolute Gasteiger partial charge is 0.240 e. The molecule has 7 nitrogen and oxygen atoms in total. The highest BCUT2D eigenvalue weighted by atomic mass is 32.2. The van der Waals surface area contributed by atoms with Crippen LogP contribution in [0, 0.1) is 13.8 Å². The van der Waals surface area contributed by atoms with E-state index < -0.39 is 5.25 Å². The van der Waals surface area contributed by atoms with Gasteiger partial charge in [0.15, 0.2) is 0 Å². The van der Waals surface area contributed by atoms with Gasteiger partial charge in [-0.15, -0.1) is 10.2 Å². The van der Waals surface area contributed by atoms with Crippen LogP contribution in [0.1, 0.15) is 23.0 Å². The third kappa shape index (κ3) is 3.55. The Balaban J connectivity index is 1.62. The number of thioether (sulfide) groups is 1. The number of methoxy groups -OCH3 is 1. The minimum Gasteiger partial charge on any atom is -0.497 e. The molecule has 1 amide bonds. The van der Waals surface area contributed by atoms with E-state index >= 15 is 0 Å². The lowest BCUT2D eigenvalue weighted by atomic mass is 10.0. The van der Waals surface area contributed by atoms with Crippen LogP contribution in [0.3, 0.4) is 0 Å². The summed E-state index contributed by atoms with van der Waals surface area (Å²) in [4.78, 5) is 13.1. The van der Waals surface area contributed by atoms with Crippen LogP contribution in [0.25, 0.3) is 0 Å². The maximum absolute atomic E-state index is 13.1. The third-order valence-electron chi connectivity index (χ3n) is 4.65. The van der Waals surface area contributed by atoms with Crippen LogP contribution >= 0.6 is 11.8 Å². The van der Waals surface area contributed by atoms with Gasteiger partial charge in [-0.05, 0) is 43.7 Å². The molecular formula is C20H21N5O2S. The molecule has 2 atom stereocenters. The monoisotopic (exact) mass is 395 g/mol. The van der Waals surface area contributed by atoms with Crippen molar-refractivity contribution in [2.75, 3.05) is 17.9 Å². The molecule has 0 bridgehead atoms. The van der Waals surface area contributed by atoms with Gasteiger partial charge in [-0.2, -0.15) is 0 Å². The van der Waals surface area contributed by atoms with Gasteiger partial charge in [0, 0.05) is 5.69 Å². The van der Waals surface area contributed by atoms with E-state index in [4.69, 9.17) is 4.74 Å². The van der Waals surface area contributed by atoms with Gasteiger partial charge in [0.25, 0.3) is 0 Å². The highest BCUT2D eigenvalue weighted by Gasteiger charge is 2.37. The molecule has 1 aliphatic rings. The minimum atomic E-state index is -0.402. The van der Waals surface area contributed by atoms with Crippen molar-refractivity contribution >= 4 is 23.4 Å². The van der Waals surface area contributed by atoms with E-state index in [-0.39, 0.29) is 11.9 Å². The van der Waals surface area contributed by atoms with Crippen molar-refractivity contribution in [1.82, 2.24) is 14.9 Å². The summed E-state index contributed by atoms with van der Waals surface area (Å²) < 4.78 is 7.01. The van der Waals surface area contributed by atoms with E-state index in [9.17, 15) is 4.79 Å². The Morgan fingerprint density at radius 1 is 1.11 bits per heavy atom. The highest BCUT2D eigenvalue weighted by molar-refractivity contribution is 8.00. The second kappa shape index (κ2) is 7.55. The molecule has 0 aliphatic carbocycles. The average Bonchev–Trinajstić information content (AvgIpc) is 3.08. The summed E-state index contributed by atoms with van der Waals surface area (Å²) in [6, 6.07) is 15.3. The number of amides is 1. The molecule has 8 heteroatoms. The topological polar surface area (TPSA) is 81.1 Å². The fourth-order valence-electron chi connectivity index (χ4n) is 3.07. The average molecular weight is 395 g/mol. The van der Waals surface area contributed by atoms with Crippen molar-refractivity contribution in [3.8, 4) is 5.75 Å². The first-order chi connectivity index (χ1) is 13.5. The summed E-state index contributed by atoms with van der Waals surface area (Å²) in [5.74, 6) is 1.40. The number of aryl methyl sites for hydroxylation is 2. The number of carbonyl (C=O) groups excluding carboxylic acids is 1. The van der Waals surface area contributed by atoms with Crippen LogP contribution < -0.4 is 15.5 Å². The van der Waals surface area contributed by atoms with Crippen molar-refractivity contribution in [3.05, 3.63) is 65.5 Å². The Kier molecular flexibility index (Phi) is 4.95. The molecule has 1 aromatic heterocycles. The lowest BCUT2D eigenvalue weighted by Crippen LogP contribution is -2.41. The lowest BCUT2D eigenvalue weighted by Gasteiger charge is -2.32. The van der Waals surface area contributed by atoms with E-state index in [1.165, 1.54) is 17.3 Å². The summed E-state index contributed by atoms with van der Waals surface area (Å²) in [5.41, 5.74) is 6.33. The molecule has 0 saturated carbocycles. The lowest BCUT2D eigenvalue weighted by molar-refractivity contribution is -0.116. The zero-order valence-corrected chi connectivity index (χ0v) is 16.7. The summed E-state index contributed by atoms with van der Waals surface area (Å²) in [5, 5.41) is 11.6. The van der Waals surface area contributed by atoms with Crippen LogP contribution in [0.15, 0.2) is 53.7 Å². The number of hydrogen-bond donors (Lipinski definition) is 2. The number of aromatic nitrogens is 3. The number of fused-ring (bicyclic) bond motifs is 1. The molecule has 2 heterocycles. The third-order valence-corrected chi connectivity index (χ3v) is 5.87. The molecule has 1 aliphatic heterocycles. The molecule has 0 saturated heterocycles. The van der Waals surface area contributed by atoms with Gasteiger partial charge in [-0.1, -0.05) is 41.6 Å². The summed E-state index contributed by atoms with van der Waals surface area (Å²) in [7, 11) is 1.61. The molecular weight excluding hydrogens is 374 g/mol. The van der Waals surface area contributed by atoms with Crippen LogP contribution in [0.5, 0.6) is 5.75 Å². The predicted molar refractivity (Wildman–Crippen MR) is 109 cm³/mol. The SMILES string of the molecule is COc1ccc(NC(=O)[C@@H]2Sc3nnc(C)n3N[C@@H]2c2ccc(C)cc2)cc1. The number of hydrogen-bond acceptors (Lipinski definition) is 6. The molecule has 0 unspecified atom stereocenters. The Bertz CT molecular complexity index is 985. The van der Waals surface area contributed by atoms with Crippen molar-refractivity contribution < 1.29 is 9.53 Å². The Morgan fingerprint density at radius 2 is 1.82 bits per heavy atom. The van der Waals surface area contributed by atoms with Gasteiger partial charge in [-0.25, -0.2) is 4.68 Å². The van der Waals surface area contributed by atoms with Gasteiger partial charge in [0.2, 0.25) is 11.1 Å². The zero-order valence-electron chi connectivity index (χ0n) is 15.8. The second-order valence-corrected chi connectivity index (χ2v) is 7.75. The molecule has 144 valence electrons. The number of nitrogens with one attached hydrogen (secondary N) is 2. The van der Waals surface area contributed by atoms with Crippen molar-refractivity contribution in [2.45, 2.75) is 30.3 Å². The maximum Gasteiger partial charge on any atom is 0.240 e. The van der Waals surface area contributed by atoms with Gasteiger partial charge in [0.05, 0.1) is 13.2 Å². The van der Waals surface area contributed by atoms with E-state index in [0.717, 1.165) is 22.8 Å². The van der Waals surface area contributed by atoms with E-state index in [1.54, 1.807) is 7.11 Å². The van der Waals surface area contributed by atoms with E-state index in [1.807, 2.05) is 54.9 Å². The van der Waals surface area contributed by atoms with E-state index in [0.29, 0.717) is 5.16 Å². The number of carbonyl (C=O) groups is 1. The van der Waals surface area contributed by atoms with Crippen LogP contribution in [0.4, 0.5) is 5.69 Å². The quantitative estimate of drug-likeness (QED) is 0.706. The molecule has 2 aromatic carbocycles. The first-order valence-corrected chi connectivity index (χ1v) is 9.80. The van der Waals surface area contributed by atoms with Gasteiger partial charge >= 0.3 is 0 Å². The van der Waals surface area contributed by atoms with Crippen LogP contribution in [-0.4, -0.2) is 33.1 Å². The van der Waals surface area contributed by atoms with Crippen molar-refractivity contribution in [3.63, 3.8) is 0 Å². The molecule has 0 fully saturated rings. The van der Waals surface area contributed by atoms with Crippen LogP contribution in [0.2, 0.25) is 0 Å². The molecule has 4 rings (SSSR count). The van der Waals surface area contributed by atoms with Crippen LogP contribution in [-0.2, 0) is 4.79 Å². The first-order valence-electron chi connectivity index (χ1n) is 8.92. The summed E-state index contributed by atoms with van der Waals surface area (Å²) in [6.07, 6.45) is 0. The minimum absolute atomic E-state index is 0.0971. The van der Waals surface area contributed by atoms with Gasteiger partial charge < -0.3 is 15.5 Å². The standard InChI is InChI=1S/C20H21N5O2S/c1-12-4-6-14(7-5-12)17-18(28-20-23-22-13(2)25(20)24-17)19(26)21-15-8-10-16(27-3)11-9-15/h4-11,17-18,24H,1-3H3,(H,21,26)/t17-,18-/m1/s1. The Morgan fingerprint density at radius 3 is 2.50 bits per heavy atom. The molecule has 3 aromatic rings. The number of benzene rings is 2. The summed E-state index contributed by atoms with van der Waals surface area (Å²) in [6.45, 7) is 3.93. The van der Waals surface area contributed by atoms with Gasteiger partial charge in [0.1, 0.15) is 16.8 Å². The molecule has 28 heavy (non-hydrogen) atoms. The number of rotatable bonds is 4. The first kappa shape index (κ1) is 18.4. The fourth-order valence-corrected chi connectivity index (χ4v) is 4.20. The molecule has 2 N–H and O–H groups in total. The molecule has 0 radical (unpaired) electrons. The number of ether oxygens (including phenoxy) is 1. The maximum atomic E-state index is 13.1. The van der Waals surface area contributed by atoms with Gasteiger partial charge in [-0.3, -0.25) is 4.79 Å². The van der Waals surface area contributed by atoms with Crippen molar-refractivity contribution in [2.24, 2.45) is 0 Å². The number of nitrogens with zero attached hydrogens (tertiary/aromatic N) is 3. The highest BCUT2D eigenvalue weighted by Crippen LogP contribution is 2.37.